The number of amides is 2. The van der Waals surface area contributed by atoms with Gasteiger partial charge < -0.3 is 20.6 Å². The molecule has 1 unspecified atom stereocenters. The molecular weight excluding hydrogens is 270 g/mol. The van der Waals surface area contributed by atoms with Gasteiger partial charge in [0.1, 0.15) is 0 Å². The molecular formula is C15H27N3O3. The zero-order chi connectivity index (χ0) is 15.3. The predicted molar refractivity (Wildman–Crippen MR) is 80.2 cm³/mol. The lowest BCUT2D eigenvalue weighted by Crippen LogP contribution is -2.49. The molecule has 1 saturated carbocycles. The molecule has 2 rings (SSSR count). The largest absolute Gasteiger partial charge is 0.481 e. The monoisotopic (exact) mass is 297 g/mol. The van der Waals surface area contributed by atoms with Gasteiger partial charge in [0.05, 0.1) is 5.41 Å². The maximum Gasteiger partial charge on any atom is 0.315 e. The van der Waals surface area contributed by atoms with Crippen LogP contribution in [-0.2, 0) is 4.79 Å². The third kappa shape index (κ3) is 4.33. The van der Waals surface area contributed by atoms with Crippen molar-refractivity contribution in [2.24, 2.45) is 5.41 Å². The quantitative estimate of drug-likeness (QED) is 0.692. The van der Waals surface area contributed by atoms with Gasteiger partial charge in [0, 0.05) is 19.1 Å². The highest BCUT2D eigenvalue weighted by molar-refractivity contribution is 5.78. The number of aliphatic carboxylic acids is 1. The van der Waals surface area contributed by atoms with Crippen molar-refractivity contribution in [1.82, 2.24) is 15.5 Å². The fourth-order valence-corrected chi connectivity index (χ4v) is 3.44. The van der Waals surface area contributed by atoms with Crippen LogP contribution < -0.4 is 10.6 Å². The lowest BCUT2D eigenvalue weighted by molar-refractivity contribution is -0.148. The van der Waals surface area contributed by atoms with Crippen LogP contribution in [0.2, 0.25) is 0 Å². The molecule has 2 aliphatic rings. The third-order valence-electron chi connectivity index (χ3n) is 4.71. The Morgan fingerprint density at radius 1 is 1.19 bits per heavy atom. The first-order chi connectivity index (χ1) is 10.0. The Morgan fingerprint density at radius 3 is 2.38 bits per heavy atom. The number of likely N-dealkylation sites (tertiary alicyclic amines) is 1. The number of hydrogen-bond acceptors (Lipinski definition) is 3. The van der Waals surface area contributed by atoms with Gasteiger partial charge >= 0.3 is 12.0 Å². The summed E-state index contributed by atoms with van der Waals surface area (Å²) in [6.45, 7) is 5.29. The lowest BCUT2D eigenvalue weighted by atomic mass is 9.86. The minimum absolute atomic E-state index is 0.0763. The van der Waals surface area contributed by atoms with E-state index in [0.717, 1.165) is 32.5 Å². The highest BCUT2D eigenvalue weighted by atomic mass is 16.4. The SMILES string of the molecule is CC(CN1CCCC1)NC(=O)NCC1(C(=O)O)CCCC1. The van der Waals surface area contributed by atoms with Crippen LogP contribution >= 0.6 is 0 Å². The molecule has 0 aromatic carbocycles. The maximum atomic E-state index is 11.9. The van der Waals surface area contributed by atoms with Gasteiger partial charge in [0.15, 0.2) is 0 Å². The number of rotatable bonds is 6. The van der Waals surface area contributed by atoms with E-state index in [4.69, 9.17) is 0 Å². The van der Waals surface area contributed by atoms with Crippen LogP contribution in [0.4, 0.5) is 4.79 Å². The van der Waals surface area contributed by atoms with Crippen LogP contribution in [0.1, 0.15) is 45.4 Å². The number of urea groups is 1. The zero-order valence-corrected chi connectivity index (χ0v) is 12.9. The van der Waals surface area contributed by atoms with E-state index in [9.17, 15) is 14.7 Å². The number of nitrogens with one attached hydrogen (secondary N) is 2. The summed E-state index contributed by atoms with van der Waals surface area (Å²) in [5.41, 5.74) is -0.754. The Balaban J connectivity index is 1.72. The molecule has 0 spiro atoms. The van der Waals surface area contributed by atoms with Gasteiger partial charge in [0.2, 0.25) is 0 Å². The van der Waals surface area contributed by atoms with Crippen molar-refractivity contribution in [3.8, 4) is 0 Å². The summed E-state index contributed by atoms with van der Waals surface area (Å²) >= 11 is 0. The summed E-state index contributed by atoms with van der Waals surface area (Å²) in [4.78, 5) is 25.7. The highest BCUT2D eigenvalue weighted by Crippen LogP contribution is 2.37. The van der Waals surface area contributed by atoms with E-state index >= 15 is 0 Å². The van der Waals surface area contributed by atoms with Crippen LogP contribution in [0.15, 0.2) is 0 Å². The summed E-state index contributed by atoms with van der Waals surface area (Å²) < 4.78 is 0. The van der Waals surface area contributed by atoms with E-state index in [2.05, 4.69) is 15.5 Å². The summed E-state index contributed by atoms with van der Waals surface area (Å²) in [6, 6.07) is -0.179. The minimum atomic E-state index is -0.787. The van der Waals surface area contributed by atoms with Gasteiger partial charge in [-0.3, -0.25) is 4.79 Å². The highest BCUT2D eigenvalue weighted by Gasteiger charge is 2.41. The van der Waals surface area contributed by atoms with Gasteiger partial charge in [-0.1, -0.05) is 12.8 Å². The van der Waals surface area contributed by atoms with Crippen LogP contribution in [-0.4, -0.2) is 54.2 Å². The average molecular weight is 297 g/mol. The summed E-state index contributed by atoms with van der Waals surface area (Å²) in [7, 11) is 0. The molecule has 1 atom stereocenters. The Bertz CT molecular complexity index is 374. The van der Waals surface area contributed by atoms with Crippen molar-refractivity contribution >= 4 is 12.0 Å². The molecule has 1 heterocycles. The van der Waals surface area contributed by atoms with Gasteiger partial charge in [-0.05, 0) is 45.7 Å². The average Bonchev–Trinajstić information content (AvgIpc) is 3.07. The molecule has 21 heavy (non-hydrogen) atoms. The Kier molecular flexibility index (Phi) is 5.45. The number of carbonyl (C=O) groups excluding carboxylic acids is 1. The Hall–Kier alpha value is -1.30. The van der Waals surface area contributed by atoms with Crippen LogP contribution in [0.3, 0.4) is 0 Å². The number of carbonyl (C=O) groups is 2. The van der Waals surface area contributed by atoms with E-state index in [1.165, 1.54) is 12.8 Å². The molecule has 0 aromatic rings. The zero-order valence-electron chi connectivity index (χ0n) is 12.9. The smallest absolute Gasteiger partial charge is 0.315 e. The predicted octanol–water partition coefficient (Wildman–Crippen LogP) is 1.41. The standard InChI is InChI=1S/C15H27N3O3/c1-12(10-18-8-4-5-9-18)17-14(21)16-11-15(13(19)20)6-2-3-7-15/h12H,2-11H2,1H3,(H,19,20)(H2,16,17,21). The fourth-order valence-electron chi connectivity index (χ4n) is 3.44. The van der Waals surface area contributed by atoms with Gasteiger partial charge in [0.25, 0.3) is 0 Å². The van der Waals surface area contributed by atoms with Crippen molar-refractivity contribution in [3.05, 3.63) is 0 Å². The van der Waals surface area contributed by atoms with Gasteiger partial charge in [-0.15, -0.1) is 0 Å². The van der Waals surface area contributed by atoms with Crippen molar-refractivity contribution in [1.29, 1.82) is 0 Å². The van der Waals surface area contributed by atoms with Gasteiger partial charge in [-0.2, -0.15) is 0 Å². The molecule has 2 fully saturated rings. The molecule has 2 amide bonds. The van der Waals surface area contributed by atoms with Crippen molar-refractivity contribution < 1.29 is 14.7 Å². The van der Waals surface area contributed by atoms with E-state index in [1.807, 2.05) is 6.92 Å². The van der Waals surface area contributed by atoms with Crippen LogP contribution in [0.5, 0.6) is 0 Å². The second kappa shape index (κ2) is 7.11. The Morgan fingerprint density at radius 2 is 1.81 bits per heavy atom. The molecule has 1 aliphatic heterocycles. The number of hydrogen-bond donors (Lipinski definition) is 3. The summed E-state index contributed by atoms with van der Waals surface area (Å²) in [6.07, 6.45) is 5.65. The van der Waals surface area contributed by atoms with Crippen LogP contribution in [0, 0.1) is 5.41 Å². The van der Waals surface area contributed by atoms with Gasteiger partial charge in [-0.25, -0.2) is 4.79 Å². The number of carboxylic acid groups (broad SMARTS) is 1. The second-order valence-electron chi connectivity index (χ2n) is 6.53. The first-order valence-electron chi connectivity index (χ1n) is 8.02. The number of carboxylic acids is 1. The summed E-state index contributed by atoms with van der Waals surface area (Å²) in [5.74, 6) is -0.787. The first kappa shape index (κ1) is 16.1. The molecule has 6 nitrogen and oxygen atoms in total. The Labute approximate surface area is 126 Å². The fraction of sp³-hybridized carbons (Fsp3) is 0.867. The molecule has 0 aromatic heterocycles. The first-order valence-corrected chi connectivity index (χ1v) is 8.02. The second-order valence-corrected chi connectivity index (χ2v) is 6.53. The van der Waals surface area contributed by atoms with E-state index in [0.29, 0.717) is 12.8 Å². The lowest BCUT2D eigenvalue weighted by Gasteiger charge is -2.25. The van der Waals surface area contributed by atoms with E-state index in [-0.39, 0.29) is 18.6 Å². The van der Waals surface area contributed by atoms with Crippen molar-refractivity contribution in [2.75, 3.05) is 26.2 Å². The molecule has 0 radical (unpaired) electrons. The number of nitrogens with zero attached hydrogens (tertiary/aromatic N) is 1. The third-order valence-corrected chi connectivity index (χ3v) is 4.71. The molecule has 6 heteroatoms. The minimum Gasteiger partial charge on any atom is -0.481 e. The molecule has 3 N–H and O–H groups in total. The van der Waals surface area contributed by atoms with Crippen LogP contribution in [0.25, 0.3) is 0 Å². The maximum absolute atomic E-state index is 11.9. The molecule has 1 aliphatic carbocycles. The normalized spacial score (nSPS) is 22.9. The van der Waals surface area contributed by atoms with E-state index < -0.39 is 11.4 Å². The van der Waals surface area contributed by atoms with Crippen molar-refractivity contribution in [3.63, 3.8) is 0 Å². The van der Waals surface area contributed by atoms with Crippen molar-refractivity contribution in [2.45, 2.75) is 51.5 Å². The summed E-state index contributed by atoms with van der Waals surface area (Å²) in [5, 5.41) is 15.0. The van der Waals surface area contributed by atoms with E-state index in [1.54, 1.807) is 0 Å². The molecule has 1 saturated heterocycles. The molecule has 120 valence electrons. The topological polar surface area (TPSA) is 81.7 Å². The molecule has 0 bridgehead atoms.